The van der Waals surface area contributed by atoms with Crippen molar-refractivity contribution < 1.29 is 19.4 Å². The Balaban J connectivity index is 3.16. The van der Waals surface area contributed by atoms with Gasteiger partial charge in [-0.3, -0.25) is 4.79 Å². The first-order valence-electron chi connectivity index (χ1n) is 8.05. The number of esters is 2. The Kier molecular flexibility index (Phi) is 13.9. The second-order valence-corrected chi connectivity index (χ2v) is 5.29. The van der Waals surface area contributed by atoms with Crippen LogP contribution in [0.25, 0.3) is 0 Å². The van der Waals surface area contributed by atoms with Crippen molar-refractivity contribution >= 4 is 11.9 Å². The molecule has 0 unspecified atom stereocenters. The smallest absolute Gasteiger partial charge is 0.339 e. The van der Waals surface area contributed by atoms with Gasteiger partial charge in [-0.05, 0) is 6.42 Å². The molecule has 0 aromatic rings. The van der Waals surface area contributed by atoms with E-state index in [1.807, 2.05) is 0 Å². The Morgan fingerprint density at radius 1 is 0.750 bits per heavy atom. The number of carbonyl (C=O) groups excluding carboxylic acids is 2. The molecule has 0 rings (SSSR count). The molecule has 0 bridgehead atoms. The minimum atomic E-state index is -0.863. The molecule has 0 atom stereocenters. The van der Waals surface area contributed by atoms with Crippen molar-refractivity contribution in [1.29, 1.82) is 0 Å². The molecule has 0 aromatic carbocycles. The molecule has 4 heteroatoms. The third kappa shape index (κ3) is 13.5. The minimum absolute atomic E-state index is 0.267. The fourth-order valence-electron chi connectivity index (χ4n) is 2.14. The van der Waals surface area contributed by atoms with E-state index in [-0.39, 0.29) is 6.42 Å². The van der Waals surface area contributed by atoms with E-state index in [0.717, 1.165) is 19.3 Å². The van der Waals surface area contributed by atoms with Gasteiger partial charge in [0, 0.05) is 6.42 Å². The summed E-state index contributed by atoms with van der Waals surface area (Å²) in [5, 5.41) is 8.42. The van der Waals surface area contributed by atoms with Crippen LogP contribution in [0.1, 0.15) is 84.0 Å². The first kappa shape index (κ1) is 19.1. The standard InChI is InChI=1S/C16H30O4/c1-2-3-4-5-6-7-8-9-10-11-12-13-15(18)20-16(19)14-17/h17H,2-14H2,1H3. The van der Waals surface area contributed by atoms with Gasteiger partial charge in [0.1, 0.15) is 6.61 Å². The molecular formula is C16H30O4. The number of unbranched alkanes of at least 4 members (excludes halogenated alkanes) is 10. The lowest BCUT2D eigenvalue weighted by Gasteiger charge is -2.03. The summed E-state index contributed by atoms with van der Waals surface area (Å²) in [5.74, 6) is -1.39. The van der Waals surface area contributed by atoms with Gasteiger partial charge in [0.15, 0.2) is 0 Å². The Hall–Kier alpha value is -0.900. The molecule has 0 aliphatic carbocycles. The second-order valence-electron chi connectivity index (χ2n) is 5.29. The summed E-state index contributed by atoms with van der Waals surface area (Å²) in [7, 11) is 0. The average Bonchev–Trinajstić information content (AvgIpc) is 2.44. The van der Waals surface area contributed by atoms with E-state index < -0.39 is 18.5 Å². The number of rotatable bonds is 13. The summed E-state index contributed by atoms with van der Waals surface area (Å²) in [6.07, 6.45) is 13.7. The zero-order valence-electron chi connectivity index (χ0n) is 12.9. The van der Waals surface area contributed by atoms with Crippen LogP contribution >= 0.6 is 0 Å². The molecule has 0 aromatic heterocycles. The molecule has 0 fully saturated rings. The van der Waals surface area contributed by atoms with Gasteiger partial charge in [-0.25, -0.2) is 4.79 Å². The van der Waals surface area contributed by atoms with Crippen LogP contribution in [-0.2, 0) is 14.3 Å². The summed E-state index contributed by atoms with van der Waals surface area (Å²) in [4.78, 5) is 21.7. The van der Waals surface area contributed by atoms with Crippen molar-refractivity contribution in [3.63, 3.8) is 0 Å². The molecule has 0 radical (unpaired) electrons. The normalized spacial score (nSPS) is 10.5. The maximum Gasteiger partial charge on any atom is 0.339 e. The van der Waals surface area contributed by atoms with Crippen molar-refractivity contribution in [1.82, 2.24) is 0 Å². The van der Waals surface area contributed by atoms with Crippen LogP contribution in [0.15, 0.2) is 0 Å². The zero-order chi connectivity index (χ0) is 15.1. The highest BCUT2D eigenvalue weighted by Gasteiger charge is 2.08. The highest BCUT2D eigenvalue weighted by atomic mass is 16.6. The van der Waals surface area contributed by atoms with Gasteiger partial charge in [-0.15, -0.1) is 0 Å². The lowest BCUT2D eigenvalue weighted by Crippen LogP contribution is -2.14. The Labute approximate surface area is 122 Å². The molecule has 0 saturated carbocycles. The minimum Gasteiger partial charge on any atom is -0.391 e. The molecule has 0 aliphatic rings. The summed E-state index contributed by atoms with van der Waals surface area (Å²) in [6.45, 7) is 1.50. The van der Waals surface area contributed by atoms with E-state index in [0.29, 0.717) is 0 Å². The van der Waals surface area contributed by atoms with Crippen molar-refractivity contribution in [3.05, 3.63) is 0 Å². The second kappa shape index (κ2) is 14.5. The molecule has 0 saturated heterocycles. The van der Waals surface area contributed by atoms with Gasteiger partial charge in [-0.1, -0.05) is 71.1 Å². The Morgan fingerprint density at radius 2 is 1.20 bits per heavy atom. The largest absolute Gasteiger partial charge is 0.391 e. The van der Waals surface area contributed by atoms with E-state index in [1.165, 1.54) is 51.4 Å². The van der Waals surface area contributed by atoms with Crippen molar-refractivity contribution in [2.24, 2.45) is 0 Å². The molecule has 0 aliphatic heterocycles. The number of ether oxygens (including phenoxy) is 1. The van der Waals surface area contributed by atoms with Crippen LogP contribution in [0.2, 0.25) is 0 Å². The summed E-state index contributed by atoms with van der Waals surface area (Å²) < 4.78 is 4.36. The number of aliphatic hydroxyl groups is 1. The highest BCUT2D eigenvalue weighted by molar-refractivity contribution is 5.85. The molecule has 0 spiro atoms. The Bertz CT molecular complexity index is 251. The van der Waals surface area contributed by atoms with Crippen LogP contribution in [0.5, 0.6) is 0 Å². The predicted octanol–water partition coefficient (Wildman–Crippen LogP) is 3.75. The SMILES string of the molecule is CCCCCCCCCCCCCC(=O)OC(=O)CO. The monoisotopic (exact) mass is 286 g/mol. The van der Waals surface area contributed by atoms with E-state index in [9.17, 15) is 9.59 Å². The number of hydrogen-bond donors (Lipinski definition) is 1. The maximum absolute atomic E-state index is 11.1. The topological polar surface area (TPSA) is 63.6 Å². The van der Waals surface area contributed by atoms with Gasteiger partial charge in [0.25, 0.3) is 0 Å². The van der Waals surface area contributed by atoms with Crippen LogP contribution in [-0.4, -0.2) is 23.7 Å². The van der Waals surface area contributed by atoms with Crippen molar-refractivity contribution in [3.8, 4) is 0 Å². The van der Waals surface area contributed by atoms with Crippen LogP contribution < -0.4 is 0 Å². The van der Waals surface area contributed by atoms with E-state index in [4.69, 9.17) is 5.11 Å². The third-order valence-corrected chi connectivity index (χ3v) is 3.34. The summed E-state index contributed by atoms with van der Waals surface area (Å²) in [5.41, 5.74) is 0. The van der Waals surface area contributed by atoms with Crippen molar-refractivity contribution in [2.45, 2.75) is 84.0 Å². The van der Waals surface area contributed by atoms with Gasteiger partial charge < -0.3 is 9.84 Å². The van der Waals surface area contributed by atoms with Crippen molar-refractivity contribution in [2.75, 3.05) is 6.61 Å². The Morgan fingerprint density at radius 3 is 1.65 bits per heavy atom. The van der Waals surface area contributed by atoms with Gasteiger partial charge in [0.2, 0.25) is 0 Å². The van der Waals surface area contributed by atoms with E-state index in [2.05, 4.69) is 11.7 Å². The number of carbonyl (C=O) groups is 2. The summed E-state index contributed by atoms with van der Waals surface area (Å²) in [6, 6.07) is 0. The molecular weight excluding hydrogens is 256 g/mol. The maximum atomic E-state index is 11.1. The molecule has 1 N–H and O–H groups in total. The van der Waals surface area contributed by atoms with Crippen LogP contribution in [0.4, 0.5) is 0 Å². The molecule has 20 heavy (non-hydrogen) atoms. The zero-order valence-corrected chi connectivity index (χ0v) is 12.9. The fourth-order valence-corrected chi connectivity index (χ4v) is 2.14. The first-order chi connectivity index (χ1) is 9.70. The average molecular weight is 286 g/mol. The van der Waals surface area contributed by atoms with Gasteiger partial charge >= 0.3 is 11.9 Å². The van der Waals surface area contributed by atoms with Crippen LogP contribution in [0, 0.1) is 0 Å². The third-order valence-electron chi connectivity index (χ3n) is 3.34. The molecule has 118 valence electrons. The molecule has 0 amide bonds. The quantitative estimate of drug-likeness (QED) is 0.318. The van der Waals surface area contributed by atoms with Crippen LogP contribution in [0.3, 0.4) is 0 Å². The fraction of sp³-hybridized carbons (Fsp3) is 0.875. The lowest BCUT2D eigenvalue weighted by atomic mass is 10.1. The molecule has 4 nitrogen and oxygen atoms in total. The molecule has 0 heterocycles. The summed E-state index contributed by atoms with van der Waals surface area (Å²) >= 11 is 0. The predicted molar refractivity (Wildman–Crippen MR) is 79.3 cm³/mol. The highest BCUT2D eigenvalue weighted by Crippen LogP contribution is 2.12. The van der Waals surface area contributed by atoms with E-state index >= 15 is 0 Å². The lowest BCUT2D eigenvalue weighted by molar-refractivity contribution is -0.161. The van der Waals surface area contributed by atoms with E-state index in [1.54, 1.807) is 0 Å². The number of aliphatic hydroxyl groups excluding tert-OH is 1. The van der Waals surface area contributed by atoms with Gasteiger partial charge in [0.05, 0.1) is 0 Å². The first-order valence-corrected chi connectivity index (χ1v) is 8.05. The van der Waals surface area contributed by atoms with Gasteiger partial charge in [-0.2, -0.15) is 0 Å². The number of hydrogen-bond acceptors (Lipinski definition) is 4.